The molecule has 0 aliphatic carbocycles. The maximum atomic E-state index is 5.57. The predicted molar refractivity (Wildman–Crippen MR) is 81.7 cm³/mol. The average molecular weight is 361 g/mol. The lowest BCUT2D eigenvalue weighted by molar-refractivity contribution is 0.291. The van der Waals surface area contributed by atoms with E-state index in [1.165, 1.54) is 6.42 Å². The van der Waals surface area contributed by atoms with Gasteiger partial charge in [-0.25, -0.2) is 9.97 Å². The molecule has 0 amide bonds. The number of halogens is 1. The Morgan fingerprint density at radius 1 is 1.28 bits per heavy atom. The average Bonchev–Trinajstić information content (AvgIpc) is 2.62. The van der Waals surface area contributed by atoms with E-state index in [1.807, 2.05) is 6.20 Å². The van der Waals surface area contributed by atoms with Crippen LogP contribution in [0.4, 0.5) is 5.82 Å². The highest BCUT2D eigenvalue weighted by Crippen LogP contribution is 2.19. The Bertz CT molecular complexity index is 373. The zero-order valence-corrected chi connectivity index (χ0v) is 12.7. The fraction of sp³-hybridized carbons (Fsp3) is 0.667. The lowest BCUT2D eigenvalue weighted by Crippen LogP contribution is -2.32. The summed E-state index contributed by atoms with van der Waals surface area (Å²) in [7, 11) is 0. The van der Waals surface area contributed by atoms with Crippen molar-refractivity contribution in [3.8, 4) is 0 Å². The topological polar surface area (TPSA) is 58.3 Å². The number of anilines is 1. The first kappa shape index (κ1) is 14.0. The standard InChI is InChI=1S/C12H20IN5/c13-11-9-15-10-16-12(11)18-6-2-5-17(7-8-18)4-1-3-14/h9-10H,1-8,14H2. The summed E-state index contributed by atoms with van der Waals surface area (Å²) >= 11 is 2.31. The first-order valence-corrected chi connectivity index (χ1v) is 7.52. The summed E-state index contributed by atoms with van der Waals surface area (Å²) in [5.74, 6) is 1.08. The van der Waals surface area contributed by atoms with Crippen molar-refractivity contribution in [2.24, 2.45) is 5.73 Å². The Labute approximate surface area is 122 Å². The molecule has 1 aromatic heterocycles. The van der Waals surface area contributed by atoms with Crippen molar-refractivity contribution in [2.75, 3.05) is 44.2 Å². The van der Waals surface area contributed by atoms with Gasteiger partial charge in [-0.2, -0.15) is 0 Å². The van der Waals surface area contributed by atoms with Gasteiger partial charge in [0.05, 0.1) is 3.57 Å². The van der Waals surface area contributed by atoms with Crippen LogP contribution in [-0.2, 0) is 0 Å². The van der Waals surface area contributed by atoms with E-state index in [1.54, 1.807) is 6.33 Å². The molecule has 0 unspecified atom stereocenters. The molecular formula is C12H20IN5. The van der Waals surface area contributed by atoms with Crippen LogP contribution >= 0.6 is 22.6 Å². The minimum atomic E-state index is 0.782. The number of hydrogen-bond donors (Lipinski definition) is 1. The highest BCUT2D eigenvalue weighted by molar-refractivity contribution is 14.1. The molecule has 2 heterocycles. The highest BCUT2D eigenvalue weighted by atomic mass is 127. The first-order chi connectivity index (χ1) is 8.81. The molecule has 1 aliphatic rings. The van der Waals surface area contributed by atoms with Crippen LogP contribution in [0.2, 0.25) is 0 Å². The summed E-state index contributed by atoms with van der Waals surface area (Å²) in [4.78, 5) is 13.3. The largest absolute Gasteiger partial charge is 0.354 e. The smallest absolute Gasteiger partial charge is 0.145 e. The van der Waals surface area contributed by atoms with Gasteiger partial charge in [-0.3, -0.25) is 0 Å². The molecule has 1 saturated heterocycles. The monoisotopic (exact) mass is 361 g/mol. The van der Waals surface area contributed by atoms with E-state index in [-0.39, 0.29) is 0 Å². The lowest BCUT2D eigenvalue weighted by Gasteiger charge is -2.23. The van der Waals surface area contributed by atoms with Crippen molar-refractivity contribution in [1.29, 1.82) is 0 Å². The van der Waals surface area contributed by atoms with E-state index in [4.69, 9.17) is 5.73 Å². The SMILES string of the molecule is NCCCN1CCCN(c2ncncc2I)CC1. The summed E-state index contributed by atoms with van der Waals surface area (Å²) in [6, 6.07) is 0. The highest BCUT2D eigenvalue weighted by Gasteiger charge is 2.17. The molecule has 18 heavy (non-hydrogen) atoms. The Hall–Kier alpha value is -0.470. The second-order valence-electron chi connectivity index (χ2n) is 4.52. The van der Waals surface area contributed by atoms with Crippen LogP contribution in [-0.4, -0.2) is 54.1 Å². The van der Waals surface area contributed by atoms with E-state index in [9.17, 15) is 0 Å². The van der Waals surface area contributed by atoms with Crippen LogP contribution in [0.25, 0.3) is 0 Å². The third kappa shape index (κ3) is 3.76. The van der Waals surface area contributed by atoms with Gasteiger partial charge in [0.2, 0.25) is 0 Å². The maximum Gasteiger partial charge on any atom is 0.145 e. The fourth-order valence-corrected chi connectivity index (χ4v) is 2.90. The molecule has 6 heteroatoms. The number of nitrogens with zero attached hydrogens (tertiary/aromatic N) is 4. The molecule has 5 nitrogen and oxygen atoms in total. The molecule has 0 radical (unpaired) electrons. The van der Waals surface area contributed by atoms with Gasteiger partial charge in [0.1, 0.15) is 12.1 Å². The quantitative estimate of drug-likeness (QED) is 0.810. The molecule has 0 aromatic carbocycles. The number of nitrogens with two attached hydrogens (primary N) is 1. The summed E-state index contributed by atoms with van der Waals surface area (Å²) < 4.78 is 1.13. The summed E-state index contributed by atoms with van der Waals surface area (Å²) in [5.41, 5.74) is 5.57. The van der Waals surface area contributed by atoms with Crippen molar-refractivity contribution in [1.82, 2.24) is 14.9 Å². The summed E-state index contributed by atoms with van der Waals surface area (Å²) in [6.45, 7) is 6.28. The molecule has 2 N–H and O–H groups in total. The van der Waals surface area contributed by atoms with Gasteiger partial charge in [-0.15, -0.1) is 0 Å². The third-order valence-corrected chi connectivity index (χ3v) is 3.98. The Kier molecular flexibility index (Phi) is 5.58. The second kappa shape index (κ2) is 7.20. The van der Waals surface area contributed by atoms with Crippen LogP contribution in [0.15, 0.2) is 12.5 Å². The fourth-order valence-electron chi connectivity index (χ4n) is 2.26. The van der Waals surface area contributed by atoms with E-state index < -0.39 is 0 Å². The minimum absolute atomic E-state index is 0.782. The van der Waals surface area contributed by atoms with Crippen LogP contribution in [0.1, 0.15) is 12.8 Å². The molecule has 0 atom stereocenters. The van der Waals surface area contributed by atoms with Gasteiger partial charge in [-0.1, -0.05) is 0 Å². The molecule has 1 aliphatic heterocycles. The molecule has 100 valence electrons. The zero-order chi connectivity index (χ0) is 12.8. The molecule has 1 aromatic rings. The van der Waals surface area contributed by atoms with Crippen LogP contribution in [0.5, 0.6) is 0 Å². The zero-order valence-electron chi connectivity index (χ0n) is 10.6. The van der Waals surface area contributed by atoms with Crippen molar-refractivity contribution in [3.63, 3.8) is 0 Å². The predicted octanol–water partition coefficient (Wildman–Crippen LogP) is 0.942. The molecule has 0 spiro atoms. The summed E-state index contributed by atoms with van der Waals surface area (Å²) in [6.07, 6.45) is 5.78. The molecule has 0 saturated carbocycles. The van der Waals surface area contributed by atoms with Gasteiger partial charge in [-0.05, 0) is 55.1 Å². The van der Waals surface area contributed by atoms with Gasteiger partial charge in [0.15, 0.2) is 0 Å². The van der Waals surface area contributed by atoms with Gasteiger partial charge >= 0.3 is 0 Å². The molecule has 1 fully saturated rings. The van der Waals surface area contributed by atoms with Gasteiger partial charge < -0.3 is 15.5 Å². The second-order valence-corrected chi connectivity index (χ2v) is 5.68. The normalized spacial score (nSPS) is 17.8. The van der Waals surface area contributed by atoms with Crippen LogP contribution in [0.3, 0.4) is 0 Å². The van der Waals surface area contributed by atoms with E-state index in [2.05, 4.69) is 42.4 Å². The Balaban J connectivity index is 1.95. The molecule has 2 rings (SSSR count). The van der Waals surface area contributed by atoms with Gasteiger partial charge in [0, 0.05) is 25.8 Å². The van der Waals surface area contributed by atoms with E-state index >= 15 is 0 Å². The van der Waals surface area contributed by atoms with Crippen molar-refractivity contribution in [2.45, 2.75) is 12.8 Å². The maximum absolute atomic E-state index is 5.57. The lowest BCUT2D eigenvalue weighted by atomic mass is 10.3. The van der Waals surface area contributed by atoms with Crippen molar-refractivity contribution >= 4 is 28.4 Å². The number of hydrogen-bond acceptors (Lipinski definition) is 5. The minimum Gasteiger partial charge on any atom is -0.354 e. The number of rotatable bonds is 4. The number of aromatic nitrogens is 2. The Morgan fingerprint density at radius 2 is 2.17 bits per heavy atom. The molecular weight excluding hydrogens is 341 g/mol. The van der Waals surface area contributed by atoms with Crippen molar-refractivity contribution < 1.29 is 0 Å². The van der Waals surface area contributed by atoms with Crippen LogP contribution in [0, 0.1) is 3.57 Å². The van der Waals surface area contributed by atoms with E-state index in [0.29, 0.717) is 0 Å². The van der Waals surface area contributed by atoms with Crippen molar-refractivity contribution in [3.05, 3.63) is 16.1 Å². The third-order valence-electron chi connectivity index (χ3n) is 3.21. The first-order valence-electron chi connectivity index (χ1n) is 6.44. The van der Waals surface area contributed by atoms with Gasteiger partial charge in [0.25, 0.3) is 0 Å². The van der Waals surface area contributed by atoms with E-state index in [0.717, 1.165) is 55.1 Å². The molecule has 0 bridgehead atoms. The Morgan fingerprint density at radius 3 is 2.94 bits per heavy atom. The summed E-state index contributed by atoms with van der Waals surface area (Å²) in [5, 5.41) is 0. The van der Waals surface area contributed by atoms with Crippen LogP contribution < -0.4 is 10.6 Å².